The summed E-state index contributed by atoms with van der Waals surface area (Å²) in [4.78, 5) is 12.5. The minimum absolute atomic E-state index is 0.0372. The van der Waals surface area contributed by atoms with E-state index in [2.05, 4.69) is 27.6 Å². The Kier molecular flexibility index (Phi) is 5.60. The summed E-state index contributed by atoms with van der Waals surface area (Å²) in [5, 5.41) is 10.6. The molecule has 0 saturated carbocycles. The zero-order valence-electron chi connectivity index (χ0n) is 17.9. The molecule has 0 spiro atoms. The molecule has 33 heavy (non-hydrogen) atoms. The molecule has 5 rings (SSSR count). The number of carbonyl (C=O) groups is 1. The highest BCUT2D eigenvalue weighted by Crippen LogP contribution is 2.38. The van der Waals surface area contributed by atoms with Gasteiger partial charge in [-0.15, -0.1) is 0 Å². The number of halogens is 2. The van der Waals surface area contributed by atoms with Gasteiger partial charge in [0.1, 0.15) is 11.6 Å². The highest BCUT2D eigenvalue weighted by Gasteiger charge is 2.23. The fraction of sp³-hybridized carbons (Fsp3) is 0.154. The zero-order valence-corrected chi connectivity index (χ0v) is 18.7. The number of aromatic amines is 1. The smallest absolute Gasteiger partial charge is 0.251 e. The van der Waals surface area contributed by atoms with Crippen molar-refractivity contribution in [1.82, 2.24) is 15.5 Å². The lowest BCUT2D eigenvalue weighted by Crippen LogP contribution is -2.22. The number of hydrogen-bond acceptors (Lipinski definition) is 3. The quantitative estimate of drug-likeness (QED) is 0.408. The molecule has 0 unspecified atom stereocenters. The topological polar surface area (TPSA) is 67.0 Å². The molecule has 1 amide bonds. The summed E-state index contributed by atoms with van der Waals surface area (Å²) < 4.78 is 18.6. The highest BCUT2D eigenvalue weighted by atomic mass is 35.5. The minimum atomic E-state index is -0.480. The number of fused-ring (bicyclic) bond motifs is 3. The normalized spacial score (nSPS) is 12.1. The molecule has 1 heterocycles. The van der Waals surface area contributed by atoms with Crippen molar-refractivity contribution in [3.05, 3.63) is 93.8 Å². The first kappa shape index (κ1) is 21.2. The van der Waals surface area contributed by atoms with Gasteiger partial charge in [0, 0.05) is 28.8 Å². The minimum Gasteiger partial charge on any atom is -0.497 e. The Bertz CT molecular complexity index is 1350. The molecule has 166 valence electrons. The summed E-state index contributed by atoms with van der Waals surface area (Å²) in [6, 6.07) is 17.9. The number of amides is 1. The van der Waals surface area contributed by atoms with Crippen molar-refractivity contribution < 1.29 is 13.9 Å². The Hall–Kier alpha value is -3.64. The molecule has 1 aliphatic carbocycles. The van der Waals surface area contributed by atoms with Gasteiger partial charge in [-0.3, -0.25) is 9.89 Å². The fourth-order valence-electron chi connectivity index (χ4n) is 4.19. The molecule has 0 aliphatic heterocycles. The third-order valence-electron chi connectivity index (χ3n) is 5.95. The lowest BCUT2D eigenvalue weighted by atomic mass is 9.87. The Balaban J connectivity index is 1.32. The highest BCUT2D eigenvalue weighted by molar-refractivity contribution is 6.30. The van der Waals surface area contributed by atoms with Gasteiger partial charge in [0.2, 0.25) is 0 Å². The third-order valence-corrected chi connectivity index (χ3v) is 6.24. The van der Waals surface area contributed by atoms with Crippen LogP contribution in [0.25, 0.3) is 22.5 Å². The standard InChI is InChI=1S/C26H21ClFN3O2/c1-33-19-8-10-20-18(13-19)7-9-21-24(30-31-25(20)21)16-3-5-17(6-4-16)26(32)29-14-15-2-11-23(28)22(27)12-15/h2-6,8,10-13H,7,9,14H2,1H3,(H,29,32)(H,30,31). The Morgan fingerprint density at radius 2 is 1.94 bits per heavy atom. The van der Waals surface area contributed by atoms with Gasteiger partial charge in [-0.25, -0.2) is 4.39 Å². The molecule has 1 aliphatic rings. The van der Waals surface area contributed by atoms with Crippen molar-refractivity contribution in [2.75, 3.05) is 7.11 Å². The van der Waals surface area contributed by atoms with Gasteiger partial charge in [0.25, 0.3) is 5.91 Å². The predicted molar refractivity (Wildman–Crippen MR) is 126 cm³/mol. The molecule has 2 N–H and O–H groups in total. The predicted octanol–water partition coefficient (Wildman–Crippen LogP) is 5.57. The van der Waals surface area contributed by atoms with Crippen molar-refractivity contribution in [3.63, 3.8) is 0 Å². The Morgan fingerprint density at radius 3 is 2.70 bits per heavy atom. The fourth-order valence-corrected chi connectivity index (χ4v) is 4.39. The van der Waals surface area contributed by atoms with Crippen LogP contribution in [0.1, 0.15) is 27.0 Å². The number of methoxy groups -OCH3 is 1. The maximum Gasteiger partial charge on any atom is 0.251 e. The molecule has 5 nitrogen and oxygen atoms in total. The number of carbonyl (C=O) groups excluding carboxylic acids is 1. The number of aromatic nitrogens is 2. The van der Waals surface area contributed by atoms with E-state index in [-0.39, 0.29) is 17.5 Å². The van der Waals surface area contributed by atoms with Crippen LogP contribution in [0, 0.1) is 5.82 Å². The first-order chi connectivity index (χ1) is 16.0. The van der Waals surface area contributed by atoms with E-state index in [1.54, 1.807) is 25.3 Å². The lowest BCUT2D eigenvalue weighted by molar-refractivity contribution is 0.0951. The lowest BCUT2D eigenvalue weighted by Gasteiger charge is -2.17. The number of hydrogen-bond donors (Lipinski definition) is 2. The summed E-state index contributed by atoms with van der Waals surface area (Å²) >= 11 is 5.80. The van der Waals surface area contributed by atoms with E-state index in [1.165, 1.54) is 23.3 Å². The van der Waals surface area contributed by atoms with Crippen LogP contribution in [-0.2, 0) is 19.4 Å². The van der Waals surface area contributed by atoms with Crippen LogP contribution >= 0.6 is 11.6 Å². The summed E-state index contributed by atoms with van der Waals surface area (Å²) in [7, 11) is 1.67. The van der Waals surface area contributed by atoms with Crippen molar-refractivity contribution in [2.45, 2.75) is 19.4 Å². The Labute approximate surface area is 195 Å². The van der Waals surface area contributed by atoms with Gasteiger partial charge in [-0.1, -0.05) is 29.8 Å². The molecule has 0 fully saturated rings. The number of nitrogens with one attached hydrogen (secondary N) is 2. The van der Waals surface area contributed by atoms with Crippen LogP contribution in [0.4, 0.5) is 4.39 Å². The van der Waals surface area contributed by atoms with Crippen molar-refractivity contribution >= 4 is 17.5 Å². The van der Waals surface area contributed by atoms with Crippen LogP contribution in [0.15, 0.2) is 60.7 Å². The van der Waals surface area contributed by atoms with E-state index in [1.807, 2.05) is 18.2 Å². The number of aryl methyl sites for hydroxylation is 1. The number of ether oxygens (including phenoxy) is 1. The molecular weight excluding hydrogens is 441 g/mol. The molecule has 1 aromatic heterocycles. The maximum atomic E-state index is 13.3. The largest absolute Gasteiger partial charge is 0.497 e. The van der Waals surface area contributed by atoms with Crippen molar-refractivity contribution in [1.29, 1.82) is 0 Å². The van der Waals surface area contributed by atoms with Crippen LogP contribution in [0.2, 0.25) is 5.02 Å². The van der Waals surface area contributed by atoms with E-state index < -0.39 is 5.82 Å². The zero-order chi connectivity index (χ0) is 22.9. The van der Waals surface area contributed by atoms with E-state index in [4.69, 9.17) is 16.3 Å². The molecule has 3 aromatic carbocycles. The number of H-pyrrole nitrogens is 1. The van der Waals surface area contributed by atoms with Crippen LogP contribution in [-0.4, -0.2) is 23.2 Å². The summed E-state index contributed by atoms with van der Waals surface area (Å²) in [5.41, 5.74) is 7.72. The van der Waals surface area contributed by atoms with Gasteiger partial charge in [0.15, 0.2) is 0 Å². The maximum absolute atomic E-state index is 13.3. The van der Waals surface area contributed by atoms with E-state index in [9.17, 15) is 9.18 Å². The second kappa shape index (κ2) is 8.71. The number of rotatable bonds is 5. The first-order valence-corrected chi connectivity index (χ1v) is 11.0. The second-order valence-corrected chi connectivity index (χ2v) is 8.36. The molecule has 0 radical (unpaired) electrons. The summed E-state index contributed by atoms with van der Waals surface area (Å²) in [6.07, 6.45) is 1.80. The van der Waals surface area contributed by atoms with Gasteiger partial charge in [0.05, 0.1) is 23.5 Å². The molecule has 4 aromatic rings. The molecule has 7 heteroatoms. The molecule has 0 atom stereocenters. The SMILES string of the molecule is COc1ccc2c(c1)CCc1c(-c3ccc(C(=O)NCc4ccc(F)c(Cl)c4)cc3)n[nH]c1-2. The summed E-state index contributed by atoms with van der Waals surface area (Å²) in [5.74, 6) is 0.161. The van der Waals surface area contributed by atoms with E-state index >= 15 is 0 Å². The molecule has 0 bridgehead atoms. The van der Waals surface area contributed by atoms with E-state index in [0.717, 1.165) is 46.7 Å². The van der Waals surface area contributed by atoms with E-state index in [0.29, 0.717) is 5.56 Å². The number of nitrogens with zero attached hydrogens (tertiary/aromatic N) is 1. The van der Waals surface area contributed by atoms with Crippen LogP contribution < -0.4 is 10.1 Å². The summed E-state index contributed by atoms with van der Waals surface area (Å²) in [6.45, 7) is 0.262. The van der Waals surface area contributed by atoms with Gasteiger partial charge in [-0.05, 0) is 66.4 Å². The third kappa shape index (κ3) is 4.10. The van der Waals surface area contributed by atoms with Gasteiger partial charge in [-0.2, -0.15) is 5.10 Å². The molecule has 0 saturated heterocycles. The average molecular weight is 462 g/mol. The van der Waals surface area contributed by atoms with Crippen molar-refractivity contribution in [2.24, 2.45) is 0 Å². The van der Waals surface area contributed by atoms with Crippen LogP contribution in [0.5, 0.6) is 5.75 Å². The van der Waals surface area contributed by atoms with Crippen LogP contribution in [0.3, 0.4) is 0 Å². The van der Waals surface area contributed by atoms with Crippen molar-refractivity contribution in [3.8, 4) is 28.3 Å². The average Bonchev–Trinajstić information content (AvgIpc) is 3.29. The Morgan fingerprint density at radius 1 is 1.12 bits per heavy atom. The number of benzene rings is 3. The first-order valence-electron chi connectivity index (χ1n) is 10.6. The molecular formula is C26H21ClFN3O2. The van der Waals surface area contributed by atoms with Gasteiger partial charge < -0.3 is 10.1 Å². The van der Waals surface area contributed by atoms with Gasteiger partial charge >= 0.3 is 0 Å². The monoisotopic (exact) mass is 461 g/mol. The second-order valence-electron chi connectivity index (χ2n) is 7.96.